The number of nitrogens with two attached hydrogens (primary N) is 1. The molecule has 2 aromatic carbocycles. The molecule has 0 aliphatic rings. The molecular formula is C23H33IN4O. The predicted octanol–water partition coefficient (Wildman–Crippen LogP) is 4.21. The van der Waals surface area contributed by atoms with Gasteiger partial charge in [0.1, 0.15) is 0 Å². The molecular weight excluding hydrogens is 475 g/mol. The predicted molar refractivity (Wildman–Crippen MR) is 132 cm³/mol. The second-order valence-corrected chi connectivity index (χ2v) is 7.19. The van der Waals surface area contributed by atoms with Crippen LogP contribution in [0.25, 0.3) is 0 Å². The third-order valence-electron chi connectivity index (χ3n) is 4.56. The lowest BCUT2D eigenvalue weighted by Gasteiger charge is -2.12. The molecule has 0 aliphatic heterocycles. The number of rotatable bonds is 9. The van der Waals surface area contributed by atoms with Crippen molar-refractivity contribution >= 4 is 35.8 Å². The highest BCUT2D eigenvalue weighted by molar-refractivity contribution is 14.0. The van der Waals surface area contributed by atoms with Gasteiger partial charge in [-0.05, 0) is 54.5 Å². The zero-order valence-corrected chi connectivity index (χ0v) is 19.9. The van der Waals surface area contributed by atoms with Crippen LogP contribution in [0.15, 0.2) is 53.5 Å². The average Bonchev–Trinajstić information content (AvgIpc) is 2.69. The Bertz CT molecular complexity index is 788. The molecule has 1 amide bonds. The molecule has 0 aromatic heterocycles. The number of halogens is 1. The Morgan fingerprint density at radius 2 is 1.79 bits per heavy atom. The van der Waals surface area contributed by atoms with Crippen molar-refractivity contribution in [3.05, 3.63) is 70.8 Å². The number of primary amides is 1. The van der Waals surface area contributed by atoms with Crippen LogP contribution in [0.3, 0.4) is 0 Å². The van der Waals surface area contributed by atoms with Gasteiger partial charge in [0.25, 0.3) is 0 Å². The van der Waals surface area contributed by atoms with E-state index >= 15 is 0 Å². The summed E-state index contributed by atoms with van der Waals surface area (Å²) in [4.78, 5) is 15.9. The summed E-state index contributed by atoms with van der Waals surface area (Å²) in [5.41, 5.74) is 9.54. The first kappa shape index (κ1) is 24.9. The fourth-order valence-corrected chi connectivity index (χ4v) is 2.90. The van der Waals surface area contributed by atoms with Gasteiger partial charge in [-0.2, -0.15) is 0 Å². The van der Waals surface area contributed by atoms with Gasteiger partial charge in [0.2, 0.25) is 5.91 Å². The van der Waals surface area contributed by atoms with Gasteiger partial charge in [-0.1, -0.05) is 50.2 Å². The van der Waals surface area contributed by atoms with Gasteiger partial charge in [-0.15, -0.1) is 24.0 Å². The number of nitrogens with zero attached hydrogens (tertiary/aromatic N) is 1. The molecule has 2 aromatic rings. The summed E-state index contributed by atoms with van der Waals surface area (Å²) in [6.07, 6.45) is 2.06. The minimum Gasteiger partial charge on any atom is -0.366 e. The molecule has 0 heterocycles. The van der Waals surface area contributed by atoms with Crippen molar-refractivity contribution in [2.24, 2.45) is 10.7 Å². The number of carbonyl (C=O) groups excluding carboxylic acids is 1. The standard InChI is InChI=1S/C23H32N4O.HI/c1-4-25-23(27-16-19-7-5-9-21(15-19)22(24)28)26-14-6-8-18-10-12-20(13-11-18)17(2)3;/h5,7,9-13,15,17H,4,6,8,14,16H2,1-3H3,(H2,24,28)(H2,25,26,27);1H. The van der Waals surface area contributed by atoms with Crippen molar-refractivity contribution in [3.63, 3.8) is 0 Å². The fourth-order valence-electron chi connectivity index (χ4n) is 2.90. The van der Waals surface area contributed by atoms with Gasteiger partial charge in [0.15, 0.2) is 5.96 Å². The van der Waals surface area contributed by atoms with Crippen LogP contribution < -0.4 is 16.4 Å². The highest BCUT2D eigenvalue weighted by atomic mass is 127. The van der Waals surface area contributed by atoms with Crippen LogP contribution in [-0.2, 0) is 13.0 Å². The Morgan fingerprint density at radius 3 is 2.41 bits per heavy atom. The second kappa shape index (κ2) is 13.2. The molecule has 0 spiro atoms. The lowest BCUT2D eigenvalue weighted by molar-refractivity contribution is 0.1000. The van der Waals surface area contributed by atoms with Crippen LogP contribution in [0.2, 0.25) is 0 Å². The Morgan fingerprint density at radius 1 is 1.07 bits per heavy atom. The van der Waals surface area contributed by atoms with E-state index in [0.29, 0.717) is 18.0 Å². The summed E-state index contributed by atoms with van der Waals surface area (Å²) in [6.45, 7) is 8.60. The number of benzene rings is 2. The number of amides is 1. The zero-order valence-electron chi connectivity index (χ0n) is 17.6. The number of hydrogen-bond donors (Lipinski definition) is 3. The molecule has 0 unspecified atom stereocenters. The molecule has 0 saturated carbocycles. The molecule has 6 heteroatoms. The molecule has 29 heavy (non-hydrogen) atoms. The van der Waals surface area contributed by atoms with Crippen molar-refractivity contribution in [2.75, 3.05) is 13.1 Å². The Kier molecular flexibility index (Phi) is 11.3. The third-order valence-corrected chi connectivity index (χ3v) is 4.56. The monoisotopic (exact) mass is 508 g/mol. The number of guanidine groups is 1. The molecule has 2 rings (SSSR count). The van der Waals surface area contributed by atoms with Gasteiger partial charge < -0.3 is 16.4 Å². The molecule has 0 radical (unpaired) electrons. The molecule has 4 N–H and O–H groups in total. The van der Waals surface area contributed by atoms with E-state index in [2.05, 4.69) is 53.7 Å². The fraction of sp³-hybridized carbons (Fsp3) is 0.391. The topological polar surface area (TPSA) is 79.5 Å². The maximum absolute atomic E-state index is 11.3. The number of nitrogens with one attached hydrogen (secondary N) is 2. The molecule has 0 aliphatic carbocycles. The lowest BCUT2D eigenvalue weighted by Crippen LogP contribution is -2.37. The first-order valence-corrected chi connectivity index (χ1v) is 9.99. The molecule has 0 saturated heterocycles. The van der Waals surface area contributed by atoms with Gasteiger partial charge in [0, 0.05) is 18.7 Å². The summed E-state index contributed by atoms with van der Waals surface area (Å²) in [6, 6.07) is 16.2. The van der Waals surface area contributed by atoms with Crippen LogP contribution in [0.4, 0.5) is 0 Å². The van der Waals surface area contributed by atoms with E-state index in [4.69, 9.17) is 5.73 Å². The minimum atomic E-state index is -0.419. The maximum Gasteiger partial charge on any atom is 0.248 e. The average molecular weight is 508 g/mol. The van der Waals surface area contributed by atoms with Crippen LogP contribution in [0.5, 0.6) is 0 Å². The first-order valence-electron chi connectivity index (χ1n) is 9.99. The van der Waals surface area contributed by atoms with Crippen LogP contribution in [0, 0.1) is 0 Å². The van der Waals surface area contributed by atoms with Gasteiger partial charge in [0.05, 0.1) is 6.54 Å². The van der Waals surface area contributed by atoms with E-state index in [1.165, 1.54) is 11.1 Å². The first-order chi connectivity index (χ1) is 13.5. The van der Waals surface area contributed by atoms with E-state index < -0.39 is 5.91 Å². The Hall–Kier alpha value is -2.09. The second-order valence-electron chi connectivity index (χ2n) is 7.19. The Labute approximate surface area is 191 Å². The van der Waals surface area contributed by atoms with Crippen LogP contribution >= 0.6 is 24.0 Å². The largest absolute Gasteiger partial charge is 0.366 e. The van der Waals surface area contributed by atoms with E-state index in [0.717, 1.165) is 37.5 Å². The summed E-state index contributed by atoms with van der Waals surface area (Å²) >= 11 is 0. The van der Waals surface area contributed by atoms with E-state index in [1.807, 2.05) is 19.1 Å². The Balaban J connectivity index is 0.00000420. The third kappa shape index (κ3) is 8.85. The van der Waals surface area contributed by atoms with Crippen molar-refractivity contribution in [1.29, 1.82) is 0 Å². The zero-order chi connectivity index (χ0) is 20.4. The van der Waals surface area contributed by atoms with Crippen LogP contribution in [-0.4, -0.2) is 25.0 Å². The van der Waals surface area contributed by atoms with Crippen molar-refractivity contribution in [2.45, 2.75) is 46.1 Å². The van der Waals surface area contributed by atoms with Gasteiger partial charge in [-0.3, -0.25) is 4.79 Å². The van der Waals surface area contributed by atoms with Crippen LogP contribution in [0.1, 0.15) is 60.2 Å². The van der Waals surface area contributed by atoms with Gasteiger partial charge in [-0.25, -0.2) is 4.99 Å². The SMILES string of the molecule is CCNC(=NCc1cccc(C(N)=O)c1)NCCCc1ccc(C(C)C)cc1.I. The summed E-state index contributed by atoms with van der Waals surface area (Å²) in [5.74, 6) is 0.928. The quantitative estimate of drug-likeness (QED) is 0.206. The summed E-state index contributed by atoms with van der Waals surface area (Å²) in [7, 11) is 0. The lowest BCUT2D eigenvalue weighted by atomic mass is 10.0. The highest BCUT2D eigenvalue weighted by Gasteiger charge is 2.03. The van der Waals surface area contributed by atoms with Gasteiger partial charge >= 0.3 is 0 Å². The van der Waals surface area contributed by atoms with Crippen molar-refractivity contribution in [3.8, 4) is 0 Å². The molecule has 5 nitrogen and oxygen atoms in total. The van der Waals surface area contributed by atoms with E-state index in [9.17, 15) is 4.79 Å². The molecule has 0 bridgehead atoms. The number of aliphatic imine (C=N–C) groups is 1. The molecule has 158 valence electrons. The van der Waals surface area contributed by atoms with Crippen molar-refractivity contribution in [1.82, 2.24) is 10.6 Å². The number of carbonyl (C=O) groups is 1. The highest BCUT2D eigenvalue weighted by Crippen LogP contribution is 2.15. The molecule has 0 atom stereocenters. The summed E-state index contributed by atoms with van der Waals surface area (Å²) < 4.78 is 0. The normalized spacial score (nSPS) is 11.1. The smallest absolute Gasteiger partial charge is 0.248 e. The van der Waals surface area contributed by atoms with Crippen molar-refractivity contribution < 1.29 is 4.79 Å². The minimum absolute atomic E-state index is 0. The number of hydrogen-bond acceptors (Lipinski definition) is 2. The summed E-state index contributed by atoms with van der Waals surface area (Å²) in [5, 5.41) is 6.63. The molecule has 0 fully saturated rings. The van der Waals surface area contributed by atoms with E-state index in [-0.39, 0.29) is 24.0 Å². The maximum atomic E-state index is 11.3. The van der Waals surface area contributed by atoms with E-state index in [1.54, 1.807) is 12.1 Å². The number of aryl methyl sites for hydroxylation is 1.